The maximum Gasteiger partial charge on any atom is 0.123 e. The summed E-state index contributed by atoms with van der Waals surface area (Å²) in [6, 6.07) is 5.06. The Morgan fingerprint density at radius 2 is 2.08 bits per heavy atom. The van der Waals surface area contributed by atoms with Crippen LogP contribution in [0.3, 0.4) is 0 Å². The van der Waals surface area contributed by atoms with Gasteiger partial charge in [0.25, 0.3) is 0 Å². The first-order valence-electron chi connectivity index (χ1n) is 4.42. The van der Waals surface area contributed by atoms with Gasteiger partial charge in [0, 0.05) is 0 Å². The lowest BCUT2D eigenvalue weighted by atomic mass is 9.95. The molecule has 1 heteroatoms. The summed E-state index contributed by atoms with van der Waals surface area (Å²) in [5, 5.41) is 0. The van der Waals surface area contributed by atoms with E-state index >= 15 is 0 Å². The minimum absolute atomic E-state index is 0.146. The van der Waals surface area contributed by atoms with E-state index in [2.05, 4.69) is 5.92 Å². The fraction of sp³-hybridized carbons (Fsp3) is 0.333. The highest BCUT2D eigenvalue weighted by Crippen LogP contribution is 2.47. The number of terminal acetylenes is 1. The molecule has 0 aliphatic heterocycles. The second-order valence-corrected chi connectivity index (χ2v) is 3.74. The van der Waals surface area contributed by atoms with Crippen molar-refractivity contribution in [1.29, 1.82) is 0 Å². The van der Waals surface area contributed by atoms with E-state index in [0.717, 1.165) is 24.0 Å². The summed E-state index contributed by atoms with van der Waals surface area (Å²) in [6.45, 7) is 1.89. The molecule has 0 aromatic heterocycles. The van der Waals surface area contributed by atoms with Crippen LogP contribution in [0.15, 0.2) is 18.2 Å². The first-order valence-corrected chi connectivity index (χ1v) is 4.42. The van der Waals surface area contributed by atoms with Crippen LogP contribution in [0.5, 0.6) is 0 Å². The molecular formula is C12H11F. The number of halogens is 1. The Balaban J connectivity index is 2.48. The minimum Gasteiger partial charge on any atom is -0.207 e. The maximum absolute atomic E-state index is 13.1. The average molecular weight is 174 g/mol. The van der Waals surface area contributed by atoms with Gasteiger partial charge in [-0.05, 0) is 43.0 Å². The van der Waals surface area contributed by atoms with Crippen LogP contribution in [0, 0.1) is 25.1 Å². The fourth-order valence-electron chi connectivity index (χ4n) is 1.65. The summed E-state index contributed by atoms with van der Waals surface area (Å²) >= 11 is 0. The summed E-state index contributed by atoms with van der Waals surface area (Å²) in [7, 11) is 0. The molecule has 13 heavy (non-hydrogen) atoms. The third kappa shape index (κ3) is 1.33. The van der Waals surface area contributed by atoms with Crippen LogP contribution in [-0.4, -0.2) is 0 Å². The predicted molar refractivity (Wildman–Crippen MR) is 50.9 cm³/mol. The number of rotatable bonds is 1. The molecule has 0 spiro atoms. The lowest BCUT2D eigenvalue weighted by Gasteiger charge is -2.08. The Kier molecular flexibility index (Phi) is 1.66. The van der Waals surface area contributed by atoms with Crippen molar-refractivity contribution in [3.05, 3.63) is 35.1 Å². The summed E-state index contributed by atoms with van der Waals surface area (Å²) in [5.74, 6) is 2.57. The highest BCUT2D eigenvalue weighted by molar-refractivity contribution is 5.42. The van der Waals surface area contributed by atoms with Crippen molar-refractivity contribution in [2.75, 3.05) is 0 Å². The molecular weight excluding hydrogens is 163 g/mol. The van der Waals surface area contributed by atoms with Gasteiger partial charge < -0.3 is 0 Å². The molecule has 1 aliphatic carbocycles. The number of hydrogen-bond donors (Lipinski definition) is 0. The van der Waals surface area contributed by atoms with E-state index < -0.39 is 0 Å². The first kappa shape index (κ1) is 8.31. The van der Waals surface area contributed by atoms with E-state index in [4.69, 9.17) is 6.42 Å². The normalized spacial score (nSPS) is 17.9. The molecule has 1 aromatic rings. The van der Waals surface area contributed by atoms with Gasteiger partial charge in [-0.15, -0.1) is 6.42 Å². The third-order valence-electron chi connectivity index (χ3n) is 2.62. The van der Waals surface area contributed by atoms with Gasteiger partial charge in [-0.25, -0.2) is 4.39 Å². The molecule has 1 fully saturated rings. The van der Waals surface area contributed by atoms with Crippen molar-refractivity contribution < 1.29 is 4.39 Å². The maximum atomic E-state index is 13.1. The van der Waals surface area contributed by atoms with E-state index in [1.54, 1.807) is 6.07 Å². The highest BCUT2D eigenvalue weighted by atomic mass is 19.1. The van der Waals surface area contributed by atoms with E-state index in [1.165, 1.54) is 6.07 Å². The summed E-state index contributed by atoms with van der Waals surface area (Å²) < 4.78 is 13.1. The SMILES string of the molecule is C#CC1(c2cc(C)cc(F)c2)CC1. The second kappa shape index (κ2) is 2.60. The Labute approximate surface area is 77.8 Å². The molecule has 0 radical (unpaired) electrons. The summed E-state index contributed by atoms with van der Waals surface area (Å²) in [6.07, 6.45) is 7.41. The zero-order valence-electron chi connectivity index (χ0n) is 7.60. The average Bonchev–Trinajstić information content (AvgIpc) is 2.82. The molecule has 0 heterocycles. The monoisotopic (exact) mass is 174 g/mol. The molecule has 0 N–H and O–H groups in total. The van der Waals surface area contributed by atoms with E-state index in [9.17, 15) is 4.39 Å². The zero-order chi connectivity index (χ0) is 9.47. The van der Waals surface area contributed by atoms with E-state index in [-0.39, 0.29) is 11.2 Å². The van der Waals surface area contributed by atoms with Crippen molar-refractivity contribution in [3.63, 3.8) is 0 Å². The topological polar surface area (TPSA) is 0 Å². The molecule has 1 aromatic carbocycles. The number of hydrogen-bond acceptors (Lipinski definition) is 0. The molecule has 0 amide bonds. The van der Waals surface area contributed by atoms with Crippen LogP contribution in [0.25, 0.3) is 0 Å². The van der Waals surface area contributed by atoms with Gasteiger partial charge in [0.05, 0.1) is 5.41 Å². The van der Waals surface area contributed by atoms with Crippen LogP contribution in [0.2, 0.25) is 0 Å². The predicted octanol–water partition coefficient (Wildman–Crippen LogP) is 2.80. The smallest absolute Gasteiger partial charge is 0.123 e. The van der Waals surface area contributed by atoms with E-state index in [1.807, 2.05) is 13.0 Å². The molecule has 0 atom stereocenters. The number of benzene rings is 1. The fourth-order valence-corrected chi connectivity index (χ4v) is 1.65. The van der Waals surface area contributed by atoms with Crippen LogP contribution < -0.4 is 0 Å². The van der Waals surface area contributed by atoms with Gasteiger partial charge in [-0.3, -0.25) is 0 Å². The Morgan fingerprint density at radius 1 is 1.38 bits per heavy atom. The molecule has 1 saturated carbocycles. The van der Waals surface area contributed by atoms with Crippen molar-refractivity contribution >= 4 is 0 Å². The van der Waals surface area contributed by atoms with E-state index in [0.29, 0.717) is 0 Å². The van der Waals surface area contributed by atoms with Crippen molar-refractivity contribution in [1.82, 2.24) is 0 Å². The van der Waals surface area contributed by atoms with Crippen LogP contribution >= 0.6 is 0 Å². The van der Waals surface area contributed by atoms with Crippen LogP contribution in [0.1, 0.15) is 24.0 Å². The molecule has 2 rings (SSSR count). The quantitative estimate of drug-likeness (QED) is 0.574. The molecule has 0 unspecified atom stereocenters. The second-order valence-electron chi connectivity index (χ2n) is 3.74. The van der Waals surface area contributed by atoms with Gasteiger partial charge in [0.15, 0.2) is 0 Å². The van der Waals surface area contributed by atoms with Crippen molar-refractivity contribution in [2.45, 2.75) is 25.2 Å². The van der Waals surface area contributed by atoms with Gasteiger partial charge in [0.2, 0.25) is 0 Å². The molecule has 0 bridgehead atoms. The number of aryl methyl sites for hydroxylation is 1. The van der Waals surface area contributed by atoms with Gasteiger partial charge >= 0.3 is 0 Å². The van der Waals surface area contributed by atoms with Crippen molar-refractivity contribution in [2.24, 2.45) is 0 Å². The Morgan fingerprint density at radius 3 is 2.54 bits per heavy atom. The van der Waals surface area contributed by atoms with Crippen LogP contribution in [0.4, 0.5) is 4.39 Å². The summed E-state index contributed by atoms with van der Waals surface area (Å²) in [5.41, 5.74) is 1.76. The van der Waals surface area contributed by atoms with Gasteiger partial charge in [-0.1, -0.05) is 12.0 Å². The minimum atomic E-state index is -0.184. The lowest BCUT2D eigenvalue weighted by molar-refractivity contribution is 0.622. The Hall–Kier alpha value is -1.29. The van der Waals surface area contributed by atoms with Gasteiger partial charge in [-0.2, -0.15) is 0 Å². The van der Waals surface area contributed by atoms with Crippen molar-refractivity contribution in [3.8, 4) is 12.3 Å². The largest absolute Gasteiger partial charge is 0.207 e. The molecule has 0 saturated heterocycles. The third-order valence-corrected chi connectivity index (χ3v) is 2.62. The van der Waals surface area contributed by atoms with Gasteiger partial charge in [0.1, 0.15) is 5.82 Å². The lowest BCUT2D eigenvalue weighted by Crippen LogP contribution is -2.03. The highest BCUT2D eigenvalue weighted by Gasteiger charge is 2.42. The molecule has 66 valence electrons. The zero-order valence-corrected chi connectivity index (χ0v) is 7.60. The molecule has 1 aliphatic rings. The summed E-state index contributed by atoms with van der Waals surface area (Å²) in [4.78, 5) is 0. The Bertz CT molecular complexity index is 360. The van der Waals surface area contributed by atoms with Crippen LogP contribution in [-0.2, 0) is 5.41 Å². The first-order chi connectivity index (χ1) is 6.16. The standard InChI is InChI=1S/C12H11F/c1-3-12(4-5-12)10-6-9(2)7-11(13)8-10/h1,6-8H,4-5H2,2H3. The molecule has 0 nitrogen and oxygen atoms in total.